The molecule has 0 fully saturated rings. The van der Waals surface area contributed by atoms with E-state index in [0.29, 0.717) is 22.2 Å². The Balaban J connectivity index is 2.03. The molecular weight excluding hydrogens is 262 g/mol. The Hall–Kier alpha value is -1.96. The molecule has 0 unspecified atom stereocenters. The van der Waals surface area contributed by atoms with Gasteiger partial charge in [0.25, 0.3) is 11.7 Å². The normalized spacial score (nSPS) is 10.6. The lowest BCUT2D eigenvalue weighted by Gasteiger charge is -2.03. The van der Waals surface area contributed by atoms with Crippen molar-refractivity contribution in [1.29, 1.82) is 0 Å². The van der Waals surface area contributed by atoms with E-state index in [1.807, 2.05) is 0 Å². The summed E-state index contributed by atoms with van der Waals surface area (Å²) in [4.78, 5) is 15.8. The molecule has 0 aliphatic rings. The number of hydrogen-bond acceptors (Lipinski definition) is 4. The molecule has 94 valence electrons. The van der Waals surface area contributed by atoms with Crippen LogP contribution in [0.15, 0.2) is 35.5 Å². The van der Waals surface area contributed by atoms with E-state index in [1.165, 1.54) is 30.6 Å². The third kappa shape index (κ3) is 3.27. The lowest BCUT2D eigenvalue weighted by atomic mass is 10.2. The van der Waals surface area contributed by atoms with Crippen LogP contribution in [0.4, 0.5) is 14.7 Å². The number of hydrogen-bond donors (Lipinski definition) is 2. The number of aromatic amines is 1. The van der Waals surface area contributed by atoms with Gasteiger partial charge in [0, 0.05) is 10.5 Å². The smallest absolute Gasteiger partial charge is 0.288 e. The van der Waals surface area contributed by atoms with Crippen molar-refractivity contribution in [2.24, 2.45) is 0 Å². The zero-order chi connectivity index (χ0) is 13.0. The molecule has 0 atom stereocenters. The fourth-order valence-electron chi connectivity index (χ4n) is 1.23. The highest BCUT2D eigenvalue weighted by Gasteiger charge is 2.09. The van der Waals surface area contributed by atoms with Gasteiger partial charge < -0.3 is 0 Å². The molecule has 0 radical (unpaired) electrons. The molecule has 8 heteroatoms. The Bertz CT molecular complexity index is 515. The van der Waals surface area contributed by atoms with Gasteiger partial charge in [-0.3, -0.25) is 10.1 Å². The zero-order valence-electron chi connectivity index (χ0n) is 8.93. The van der Waals surface area contributed by atoms with Crippen molar-refractivity contribution in [3.05, 3.63) is 36.2 Å². The monoisotopic (exact) mass is 270 g/mol. The van der Waals surface area contributed by atoms with Gasteiger partial charge in [-0.1, -0.05) is 11.8 Å². The summed E-state index contributed by atoms with van der Waals surface area (Å²) in [6.45, 7) is 0. The molecule has 18 heavy (non-hydrogen) atoms. The van der Waals surface area contributed by atoms with E-state index in [1.54, 1.807) is 0 Å². The van der Waals surface area contributed by atoms with Gasteiger partial charge in [0.2, 0.25) is 5.95 Å². The fourth-order valence-corrected chi connectivity index (χ4v) is 1.73. The predicted octanol–water partition coefficient (Wildman–Crippen LogP) is 2.37. The number of amides is 1. The summed E-state index contributed by atoms with van der Waals surface area (Å²) in [6.07, 6.45) is 1.26. The number of nitrogens with zero attached hydrogens (tertiary/aromatic N) is 2. The van der Waals surface area contributed by atoms with E-state index in [-0.39, 0.29) is 11.9 Å². The van der Waals surface area contributed by atoms with Crippen molar-refractivity contribution < 1.29 is 13.6 Å². The lowest BCUT2D eigenvalue weighted by Crippen LogP contribution is -2.12. The van der Waals surface area contributed by atoms with Crippen LogP contribution in [0, 0.1) is 0 Å². The number of halogens is 2. The first kappa shape index (κ1) is 12.5. The molecule has 1 aromatic heterocycles. The Morgan fingerprint density at radius 2 is 2.06 bits per heavy atom. The second-order valence-corrected chi connectivity index (χ2v) is 4.25. The van der Waals surface area contributed by atoms with Crippen molar-refractivity contribution in [2.45, 2.75) is 10.7 Å². The van der Waals surface area contributed by atoms with Gasteiger partial charge in [-0.15, -0.1) is 0 Å². The molecule has 2 aromatic rings. The van der Waals surface area contributed by atoms with Gasteiger partial charge in [-0.2, -0.15) is 18.9 Å². The van der Waals surface area contributed by atoms with Crippen molar-refractivity contribution in [3.8, 4) is 0 Å². The topological polar surface area (TPSA) is 70.7 Å². The van der Waals surface area contributed by atoms with Crippen LogP contribution in [0.25, 0.3) is 0 Å². The number of carbonyl (C=O) groups is 1. The highest BCUT2D eigenvalue weighted by atomic mass is 32.2. The van der Waals surface area contributed by atoms with Crippen LogP contribution in [0.3, 0.4) is 0 Å². The van der Waals surface area contributed by atoms with E-state index in [2.05, 4.69) is 20.5 Å². The third-order valence-corrected chi connectivity index (χ3v) is 2.71. The van der Waals surface area contributed by atoms with Crippen molar-refractivity contribution in [1.82, 2.24) is 15.2 Å². The minimum Gasteiger partial charge on any atom is -0.291 e. The van der Waals surface area contributed by atoms with E-state index >= 15 is 0 Å². The number of carbonyl (C=O) groups excluding carboxylic acids is 1. The average molecular weight is 270 g/mol. The van der Waals surface area contributed by atoms with E-state index in [9.17, 15) is 13.6 Å². The average Bonchev–Trinajstić information content (AvgIpc) is 2.82. The van der Waals surface area contributed by atoms with Crippen molar-refractivity contribution in [2.75, 3.05) is 5.32 Å². The Morgan fingerprint density at radius 3 is 2.61 bits per heavy atom. The van der Waals surface area contributed by atoms with Crippen molar-refractivity contribution >= 4 is 23.6 Å². The number of alkyl halides is 2. The van der Waals surface area contributed by atoms with Crippen LogP contribution in [-0.2, 0) is 0 Å². The first-order chi connectivity index (χ1) is 8.65. The molecule has 1 heterocycles. The number of benzene rings is 1. The van der Waals surface area contributed by atoms with Crippen LogP contribution in [-0.4, -0.2) is 26.8 Å². The first-order valence-corrected chi connectivity index (χ1v) is 5.75. The molecule has 0 saturated heterocycles. The minimum absolute atomic E-state index is 0.228. The Morgan fingerprint density at radius 1 is 1.33 bits per heavy atom. The summed E-state index contributed by atoms with van der Waals surface area (Å²) < 4.78 is 24.2. The van der Waals surface area contributed by atoms with Gasteiger partial charge in [0.15, 0.2) is 0 Å². The van der Waals surface area contributed by atoms with Crippen LogP contribution in [0.1, 0.15) is 10.4 Å². The van der Waals surface area contributed by atoms with Crippen LogP contribution >= 0.6 is 11.8 Å². The van der Waals surface area contributed by atoms with Crippen LogP contribution in [0.2, 0.25) is 0 Å². The van der Waals surface area contributed by atoms with Gasteiger partial charge in [0.1, 0.15) is 6.33 Å². The summed E-state index contributed by atoms with van der Waals surface area (Å²) in [6, 6.07) is 5.87. The van der Waals surface area contributed by atoms with Gasteiger partial charge in [-0.25, -0.2) is 5.10 Å². The quantitative estimate of drug-likeness (QED) is 0.837. The zero-order valence-corrected chi connectivity index (χ0v) is 9.75. The molecule has 2 N–H and O–H groups in total. The molecule has 5 nitrogen and oxygen atoms in total. The van der Waals surface area contributed by atoms with Gasteiger partial charge >= 0.3 is 0 Å². The maximum Gasteiger partial charge on any atom is 0.288 e. The van der Waals surface area contributed by atoms with Gasteiger partial charge in [0.05, 0.1) is 0 Å². The minimum atomic E-state index is -2.47. The molecule has 0 aliphatic carbocycles. The molecule has 0 aliphatic heterocycles. The molecule has 1 aromatic carbocycles. The van der Waals surface area contributed by atoms with E-state index in [4.69, 9.17) is 0 Å². The summed E-state index contributed by atoms with van der Waals surface area (Å²) in [7, 11) is 0. The number of rotatable bonds is 4. The predicted molar refractivity (Wildman–Crippen MR) is 62.6 cm³/mol. The number of H-pyrrole nitrogens is 1. The molecule has 1 amide bonds. The maximum absolute atomic E-state index is 12.1. The maximum atomic E-state index is 12.1. The summed E-state index contributed by atoms with van der Waals surface area (Å²) >= 11 is 0.431. The van der Waals surface area contributed by atoms with Gasteiger partial charge in [-0.05, 0) is 24.3 Å². The fraction of sp³-hybridized carbons (Fsp3) is 0.100. The summed E-state index contributed by atoms with van der Waals surface area (Å²) in [5, 5.41) is 8.53. The Kier molecular flexibility index (Phi) is 3.88. The molecule has 2 rings (SSSR count). The third-order valence-electron chi connectivity index (χ3n) is 1.99. The SMILES string of the molecule is O=C(Nc1ncn[nH]1)c1ccc(SC(F)F)cc1. The van der Waals surface area contributed by atoms with Crippen LogP contribution in [0.5, 0.6) is 0 Å². The number of thioether (sulfide) groups is 1. The largest absolute Gasteiger partial charge is 0.291 e. The highest BCUT2D eigenvalue weighted by molar-refractivity contribution is 7.99. The number of aromatic nitrogens is 3. The van der Waals surface area contributed by atoms with Crippen LogP contribution < -0.4 is 5.32 Å². The molecule has 0 spiro atoms. The molecule has 0 saturated carbocycles. The van der Waals surface area contributed by atoms with E-state index in [0.717, 1.165) is 0 Å². The lowest BCUT2D eigenvalue weighted by molar-refractivity contribution is 0.102. The number of nitrogens with one attached hydrogen (secondary N) is 2. The standard InChI is InChI=1S/C10H8F2N4OS/c11-9(12)18-7-3-1-6(2-4-7)8(17)15-10-13-5-14-16-10/h1-5,9H,(H2,13,14,15,16,17). The number of anilines is 1. The molecular formula is C10H8F2N4OS. The van der Waals surface area contributed by atoms with Crippen molar-refractivity contribution in [3.63, 3.8) is 0 Å². The Labute approximate surface area is 105 Å². The van der Waals surface area contributed by atoms with E-state index < -0.39 is 5.76 Å². The highest BCUT2D eigenvalue weighted by Crippen LogP contribution is 2.25. The first-order valence-electron chi connectivity index (χ1n) is 4.87. The summed E-state index contributed by atoms with van der Waals surface area (Å²) in [5.74, 6) is -2.63. The second kappa shape index (κ2) is 5.58. The second-order valence-electron chi connectivity index (χ2n) is 3.19. The summed E-state index contributed by atoms with van der Waals surface area (Å²) in [5.41, 5.74) is 0.352. The molecule has 0 bridgehead atoms.